The summed E-state index contributed by atoms with van der Waals surface area (Å²) >= 11 is 0. The molecule has 1 atom stereocenters. The van der Waals surface area contributed by atoms with Crippen LogP contribution in [0.5, 0.6) is 0 Å². The van der Waals surface area contributed by atoms with Crippen molar-refractivity contribution in [3.05, 3.63) is 12.4 Å². The van der Waals surface area contributed by atoms with Crippen molar-refractivity contribution in [3.8, 4) is 0 Å². The van der Waals surface area contributed by atoms with Crippen molar-refractivity contribution in [2.24, 2.45) is 0 Å². The molecule has 0 bridgehead atoms. The van der Waals surface area contributed by atoms with Crippen LogP contribution in [0, 0.1) is 0 Å². The van der Waals surface area contributed by atoms with E-state index in [2.05, 4.69) is 10.4 Å². The van der Waals surface area contributed by atoms with Gasteiger partial charge in [0.2, 0.25) is 0 Å². The van der Waals surface area contributed by atoms with Gasteiger partial charge in [0.15, 0.2) is 9.84 Å². The molecule has 2 heterocycles. The summed E-state index contributed by atoms with van der Waals surface area (Å²) in [4.78, 5) is 0.310. The minimum absolute atomic E-state index is 0.310. The molecule has 1 saturated heterocycles. The molecule has 0 saturated carbocycles. The van der Waals surface area contributed by atoms with Crippen LogP contribution >= 0.6 is 0 Å². The molecule has 1 unspecified atom stereocenters. The van der Waals surface area contributed by atoms with Gasteiger partial charge in [0.05, 0.1) is 12.2 Å². The van der Waals surface area contributed by atoms with Crippen molar-refractivity contribution < 1.29 is 8.42 Å². The lowest BCUT2D eigenvalue weighted by Crippen LogP contribution is -2.15. The average molecular weight is 243 g/mol. The van der Waals surface area contributed by atoms with E-state index in [9.17, 15) is 8.42 Å². The van der Waals surface area contributed by atoms with Gasteiger partial charge in [-0.05, 0) is 32.4 Å². The Morgan fingerprint density at radius 2 is 2.25 bits per heavy atom. The monoisotopic (exact) mass is 243 g/mol. The van der Waals surface area contributed by atoms with Crippen LogP contribution in [0.4, 0.5) is 0 Å². The predicted molar refractivity (Wildman–Crippen MR) is 61.1 cm³/mol. The van der Waals surface area contributed by atoms with Gasteiger partial charge in [0, 0.05) is 12.5 Å². The molecule has 16 heavy (non-hydrogen) atoms. The van der Waals surface area contributed by atoms with E-state index in [1.165, 1.54) is 12.5 Å². The summed E-state index contributed by atoms with van der Waals surface area (Å²) in [7, 11) is -3.13. The van der Waals surface area contributed by atoms with Crippen LogP contribution in [0.2, 0.25) is 0 Å². The zero-order valence-corrected chi connectivity index (χ0v) is 10.2. The molecule has 2 rings (SSSR count). The SMILES string of the molecule is CS(=O)(=O)c1cnn(C2CCCNCC2)c1. The van der Waals surface area contributed by atoms with E-state index in [0.717, 1.165) is 32.4 Å². The van der Waals surface area contributed by atoms with Crippen LogP contribution in [0.25, 0.3) is 0 Å². The maximum absolute atomic E-state index is 11.3. The quantitative estimate of drug-likeness (QED) is 0.826. The van der Waals surface area contributed by atoms with Crippen LogP contribution in [-0.4, -0.2) is 37.5 Å². The van der Waals surface area contributed by atoms with Crippen LogP contribution in [-0.2, 0) is 9.84 Å². The van der Waals surface area contributed by atoms with Crippen molar-refractivity contribution in [1.82, 2.24) is 15.1 Å². The van der Waals surface area contributed by atoms with Gasteiger partial charge in [0.1, 0.15) is 4.90 Å². The molecule has 1 aliphatic rings. The summed E-state index contributed by atoms with van der Waals surface area (Å²) in [5.74, 6) is 0. The van der Waals surface area contributed by atoms with Gasteiger partial charge >= 0.3 is 0 Å². The smallest absolute Gasteiger partial charge is 0.178 e. The van der Waals surface area contributed by atoms with Gasteiger partial charge < -0.3 is 5.32 Å². The Kier molecular flexibility index (Phi) is 3.30. The molecule has 90 valence electrons. The number of hydrogen-bond donors (Lipinski definition) is 1. The molecular weight excluding hydrogens is 226 g/mol. The summed E-state index contributed by atoms with van der Waals surface area (Å²) in [5.41, 5.74) is 0. The zero-order valence-electron chi connectivity index (χ0n) is 9.39. The topological polar surface area (TPSA) is 64.0 Å². The Labute approximate surface area is 95.8 Å². The van der Waals surface area contributed by atoms with Crippen molar-refractivity contribution in [2.75, 3.05) is 19.3 Å². The maximum Gasteiger partial charge on any atom is 0.178 e. The van der Waals surface area contributed by atoms with Gasteiger partial charge in [-0.2, -0.15) is 5.10 Å². The second kappa shape index (κ2) is 4.55. The Hall–Kier alpha value is -0.880. The van der Waals surface area contributed by atoms with E-state index >= 15 is 0 Å². The summed E-state index contributed by atoms with van der Waals surface area (Å²) in [6.07, 6.45) is 7.46. The molecule has 1 aliphatic heterocycles. The zero-order chi connectivity index (χ0) is 11.6. The summed E-state index contributed by atoms with van der Waals surface area (Å²) in [6, 6.07) is 0.325. The lowest BCUT2D eigenvalue weighted by Gasteiger charge is -2.13. The number of nitrogens with one attached hydrogen (secondary N) is 1. The number of sulfone groups is 1. The molecule has 6 heteroatoms. The largest absolute Gasteiger partial charge is 0.317 e. The van der Waals surface area contributed by atoms with Gasteiger partial charge in [-0.15, -0.1) is 0 Å². The molecule has 0 amide bonds. The van der Waals surface area contributed by atoms with Crippen LogP contribution in [0.15, 0.2) is 17.3 Å². The standard InChI is InChI=1S/C10H17N3O2S/c1-16(14,15)10-7-12-13(8-10)9-3-2-5-11-6-4-9/h7-9,11H,2-6H2,1H3. The molecule has 0 spiro atoms. The molecule has 0 aliphatic carbocycles. The third-order valence-corrected chi connectivity index (χ3v) is 3.99. The second-order valence-corrected chi connectivity index (χ2v) is 6.28. The minimum Gasteiger partial charge on any atom is -0.317 e. The van der Waals surface area contributed by atoms with E-state index in [-0.39, 0.29) is 0 Å². The van der Waals surface area contributed by atoms with E-state index in [4.69, 9.17) is 0 Å². The number of nitrogens with zero attached hydrogens (tertiary/aromatic N) is 2. The molecule has 1 fully saturated rings. The lowest BCUT2D eigenvalue weighted by molar-refractivity contribution is 0.413. The first kappa shape index (κ1) is 11.6. The number of hydrogen-bond acceptors (Lipinski definition) is 4. The Balaban J connectivity index is 2.17. The molecule has 5 nitrogen and oxygen atoms in total. The average Bonchev–Trinajstić information content (AvgIpc) is 2.55. The molecule has 1 N–H and O–H groups in total. The van der Waals surface area contributed by atoms with Crippen molar-refractivity contribution in [3.63, 3.8) is 0 Å². The molecular formula is C10H17N3O2S. The van der Waals surface area contributed by atoms with Gasteiger partial charge in [-0.1, -0.05) is 0 Å². The van der Waals surface area contributed by atoms with Gasteiger partial charge in [-0.25, -0.2) is 8.42 Å². The van der Waals surface area contributed by atoms with E-state index in [1.807, 2.05) is 0 Å². The van der Waals surface area contributed by atoms with Crippen molar-refractivity contribution >= 4 is 9.84 Å². The summed E-state index contributed by atoms with van der Waals surface area (Å²) in [5, 5.41) is 7.48. The van der Waals surface area contributed by atoms with Gasteiger partial charge in [0.25, 0.3) is 0 Å². The van der Waals surface area contributed by atoms with E-state index < -0.39 is 9.84 Å². The lowest BCUT2D eigenvalue weighted by atomic mass is 10.1. The molecule has 1 aromatic heterocycles. The minimum atomic E-state index is -3.13. The van der Waals surface area contributed by atoms with E-state index in [0.29, 0.717) is 10.9 Å². The predicted octanol–water partition coefficient (Wildman–Crippen LogP) is 0.601. The van der Waals surface area contributed by atoms with Crippen molar-refractivity contribution in [1.29, 1.82) is 0 Å². The maximum atomic E-state index is 11.3. The summed E-state index contributed by atoms with van der Waals surface area (Å²) < 4.78 is 24.5. The highest BCUT2D eigenvalue weighted by molar-refractivity contribution is 7.90. The Bertz CT molecular complexity index is 444. The Morgan fingerprint density at radius 3 is 2.94 bits per heavy atom. The molecule has 0 radical (unpaired) electrons. The van der Waals surface area contributed by atoms with Crippen LogP contribution in [0.3, 0.4) is 0 Å². The Morgan fingerprint density at radius 1 is 1.44 bits per heavy atom. The van der Waals surface area contributed by atoms with Gasteiger partial charge in [-0.3, -0.25) is 4.68 Å². The van der Waals surface area contributed by atoms with E-state index in [1.54, 1.807) is 10.9 Å². The van der Waals surface area contributed by atoms with Crippen LogP contribution < -0.4 is 5.32 Å². The fourth-order valence-corrected chi connectivity index (χ4v) is 2.52. The highest BCUT2D eigenvalue weighted by atomic mass is 32.2. The first-order valence-electron chi connectivity index (χ1n) is 5.52. The first-order valence-corrected chi connectivity index (χ1v) is 7.41. The number of rotatable bonds is 2. The highest BCUT2D eigenvalue weighted by Crippen LogP contribution is 2.20. The first-order chi connectivity index (χ1) is 7.57. The number of aromatic nitrogens is 2. The molecule has 0 aromatic carbocycles. The molecule has 1 aromatic rings. The van der Waals surface area contributed by atoms with Crippen LogP contribution in [0.1, 0.15) is 25.3 Å². The highest BCUT2D eigenvalue weighted by Gasteiger charge is 2.17. The second-order valence-electron chi connectivity index (χ2n) is 4.26. The fraction of sp³-hybridized carbons (Fsp3) is 0.700. The fourth-order valence-electron chi connectivity index (χ4n) is 1.98. The third-order valence-electron chi connectivity index (χ3n) is 2.93. The third kappa shape index (κ3) is 2.62. The normalized spacial score (nSPS) is 22.9. The van der Waals surface area contributed by atoms with Crippen molar-refractivity contribution in [2.45, 2.75) is 30.2 Å². The summed E-state index contributed by atoms with van der Waals surface area (Å²) in [6.45, 7) is 2.01.